The summed E-state index contributed by atoms with van der Waals surface area (Å²) in [5, 5.41) is 9.19. The van der Waals surface area contributed by atoms with E-state index in [1.807, 2.05) is 0 Å². The minimum Gasteiger partial charge on any atom is -0.481 e. The Bertz CT molecular complexity index is 478. The highest BCUT2D eigenvalue weighted by atomic mass is 35.5. The monoisotopic (exact) mass is 268 g/mol. The molecule has 2 heterocycles. The van der Waals surface area contributed by atoms with Crippen LogP contribution in [0.3, 0.4) is 0 Å². The molecule has 2 rings (SSSR count). The molecule has 1 aliphatic heterocycles. The Hall–Kier alpha value is -1.62. The van der Waals surface area contributed by atoms with Gasteiger partial charge in [0.05, 0.1) is 0 Å². The average Bonchev–Trinajstić information content (AvgIpc) is 2.75. The van der Waals surface area contributed by atoms with Crippen LogP contribution < -0.4 is 0 Å². The van der Waals surface area contributed by atoms with Gasteiger partial charge in [0, 0.05) is 30.7 Å². The SMILES string of the molecule is O=C(O)CC1CCN(C(=O)c2cc(Cl)ccn2)C1. The molecule has 6 heteroatoms. The molecule has 1 atom stereocenters. The van der Waals surface area contributed by atoms with E-state index in [-0.39, 0.29) is 18.2 Å². The fourth-order valence-corrected chi connectivity index (χ4v) is 2.27. The molecule has 96 valence electrons. The standard InChI is InChI=1S/C12H13ClN2O3/c13-9-1-3-14-10(6-9)12(18)15-4-2-8(7-15)5-11(16)17/h1,3,6,8H,2,4-5,7H2,(H,16,17). The van der Waals surface area contributed by atoms with Crippen molar-refractivity contribution in [3.05, 3.63) is 29.0 Å². The van der Waals surface area contributed by atoms with Crippen molar-refractivity contribution in [2.24, 2.45) is 5.92 Å². The van der Waals surface area contributed by atoms with Crippen LogP contribution in [0.25, 0.3) is 0 Å². The minimum atomic E-state index is -0.824. The number of aromatic nitrogens is 1. The van der Waals surface area contributed by atoms with Gasteiger partial charge in [0.2, 0.25) is 0 Å². The third-order valence-electron chi connectivity index (χ3n) is 2.98. The summed E-state index contributed by atoms with van der Waals surface area (Å²) >= 11 is 5.80. The second kappa shape index (κ2) is 5.35. The van der Waals surface area contributed by atoms with E-state index in [0.717, 1.165) is 6.42 Å². The van der Waals surface area contributed by atoms with Gasteiger partial charge in [-0.05, 0) is 24.5 Å². The molecule has 1 saturated heterocycles. The van der Waals surface area contributed by atoms with Gasteiger partial charge in [-0.15, -0.1) is 0 Å². The number of rotatable bonds is 3. The third-order valence-corrected chi connectivity index (χ3v) is 3.21. The Kier molecular flexibility index (Phi) is 3.81. The lowest BCUT2D eigenvalue weighted by Crippen LogP contribution is -2.29. The van der Waals surface area contributed by atoms with Crippen molar-refractivity contribution in [2.45, 2.75) is 12.8 Å². The second-order valence-electron chi connectivity index (χ2n) is 4.36. The molecule has 1 unspecified atom stereocenters. The average molecular weight is 269 g/mol. The van der Waals surface area contributed by atoms with E-state index in [4.69, 9.17) is 16.7 Å². The van der Waals surface area contributed by atoms with E-state index >= 15 is 0 Å². The van der Waals surface area contributed by atoms with Crippen LogP contribution >= 0.6 is 11.6 Å². The maximum absolute atomic E-state index is 12.1. The summed E-state index contributed by atoms with van der Waals surface area (Å²) in [5.74, 6) is -0.980. The predicted molar refractivity (Wildman–Crippen MR) is 65.5 cm³/mol. The Morgan fingerprint density at radius 2 is 2.33 bits per heavy atom. The number of pyridine rings is 1. The molecular weight excluding hydrogens is 256 g/mol. The fourth-order valence-electron chi connectivity index (χ4n) is 2.11. The number of nitrogens with zero attached hydrogens (tertiary/aromatic N) is 2. The first-order valence-corrected chi connectivity index (χ1v) is 6.06. The zero-order valence-corrected chi connectivity index (χ0v) is 10.4. The Balaban J connectivity index is 2.01. The van der Waals surface area contributed by atoms with Crippen LogP contribution in [0.4, 0.5) is 0 Å². The summed E-state index contributed by atoms with van der Waals surface area (Å²) in [7, 11) is 0. The molecule has 0 aromatic carbocycles. The highest BCUT2D eigenvalue weighted by Gasteiger charge is 2.28. The number of carboxylic acid groups (broad SMARTS) is 1. The zero-order valence-electron chi connectivity index (χ0n) is 9.67. The number of carboxylic acids is 1. The van der Waals surface area contributed by atoms with E-state index in [1.165, 1.54) is 12.3 Å². The van der Waals surface area contributed by atoms with Gasteiger partial charge in [0.25, 0.3) is 5.91 Å². The van der Waals surface area contributed by atoms with Gasteiger partial charge in [-0.25, -0.2) is 0 Å². The molecule has 1 aliphatic rings. The van der Waals surface area contributed by atoms with Crippen molar-refractivity contribution in [1.82, 2.24) is 9.88 Å². The Labute approximate surface area is 109 Å². The molecule has 0 aliphatic carbocycles. The number of carbonyl (C=O) groups is 2. The maximum Gasteiger partial charge on any atom is 0.303 e. The van der Waals surface area contributed by atoms with Crippen molar-refractivity contribution < 1.29 is 14.7 Å². The zero-order chi connectivity index (χ0) is 13.1. The lowest BCUT2D eigenvalue weighted by Gasteiger charge is -2.15. The topological polar surface area (TPSA) is 70.5 Å². The van der Waals surface area contributed by atoms with Crippen molar-refractivity contribution >= 4 is 23.5 Å². The lowest BCUT2D eigenvalue weighted by atomic mass is 10.1. The lowest BCUT2D eigenvalue weighted by molar-refractivity contribution is -0.138. The smallest absolute Gasteiger partial charge is 0.303 e. The molecule has 0 bridgehead atoms. The van der Waals surface area contributed by atoms with Crippen LogP contribution in [-0.2, 0) is 4.79 Å². The summed E-state index contributed by atoms with van der Waals surface area (Å²) in [6.45, 7) is 1.05. The molecular formula is C12H13ClN2O3. The van der Waals surface area contributed by atoms with Crippen molar-refractivity contribution in [3.8, 4) is 0 Å². The normalized spacial score (nSPS) is 18.9. The maximum atomic E-state index is 12.1. The molecule has 0 saturated carbocycles. The van der Waals surface area contributed by atoms with Gasteiger partial charge in [-0.3, -0.25) is 14.6 Å². The van der Waals surface area contributed by atoms with E-state index in [9.17, 15) is 9.59 Å². The predicted octanol–water partition coefficient (Wildman–Crippen LogP) is 1.67. The number of carbonyl (C=O) groups excluding carboxylic acids is 1. The summed E-state index contributed by atoms with van der Waals surface area (Å²) in [4.78, 5) is 28.3. The van der Waals surface area contributed by atoms with E-state index < -0.39 is 5.97 Å². The van der Waals surface area contributed by atoms with Gasteiger partial charge < -0.3 is 10.0 Å². The third kappa shape index (κ3) is 2.98. The first kappa shape index (κ1) is 12.8. The van der Waals surface area contributed by atoms with Gasteiger partial charge in [-0.1, -0.05) is 11.6 Å². The number of aliphatic carboxylic acids is 1. The molecule has 1 N–H and O–H groups in total. The highest BCUT2D eigenvalue weighted by molar-refractivity contribution is 6.30. The van der Waals surface area contributed by atoms with E-state index in [2.05, 4.69) is 4.98 Å². The van der Waals surface area contributed by atoms with Crippen molar-refractivity contribution in [1.29, 1.82) is 0 Å². The molecule has 0 radical (unpaired) electrons. The summed E-state index contributed by atoms with van der Waals surface area (Å²) < 4.78 is 0. The molecule has 1 fully saturated rings. The minimum absolute atomic E-state index is 0.0330. The molecule has 5 nitrogen and oxygen atoms in total. The van der Waals surface area contributed by atoms with Crippen LogP contribution in [0.15, 0.2) is 18.3 Å². The van der Waals surface area contributed by atoms with E-state index in [0.29, 0.717) is 23.8 Å². The van der Waals surface area contributed by atoms with Crippen LogP contribution in [0.2, 0.25) is 5.02 Å². The molecule has 0 spiro atoms. The second-order valence-corrected chi connectivity index (χ2v) is 4.80. The number of hydrogen-bond donors (Lipinski definition) is 1. The number of likely N-dealkylation sites (tertiary alicyclic amines) is 1. The first-order chi connectivity index (χ1) is 8.56. The summed E-state index contributed by atoms with van der Waals surface area (Å²) in [6.07, 6.45) is 2.31. The van der Waals surface area contributed by atoms with Gasteiger partial charge in [-0.2, -0.15) is 0 Å². The van der Waals surface area contributed by atoms with Crippen molar-refractivity contribution in [3.63, 3.8) is 0 Å². The van der Waals surface area contributed by atoms with Crippen LogP contribution in [-0.4, -0.2) is 40.0 Å². The first-order valence-electron chi connectivity index (χ1n) is 5.69. The molecule has 1 amide bonds. The number of halogens is 1. The van der Waals surface area contributed by atoms with Gasteiger partial charge in [0.1, 0.15) is 5.69 Å². The highest BCUT2D eigenvalue weighted by Crippen LogP contribution is 2.21. The van der Waals surface area contributed by atoms with Crippen LogP contribution in [0, 0.1) is 5.92 Å². The fraction of sp³-hybridized carbons (Fsp3) is 0.417. The largest absolute Gasteiger partial charge is 0.481 e. The molecule has 1 aromatic rings. The Morgan fingerprint density at radius 3 is 3.00 bits per heavy atom. The molecule has 18 heavy (non-hydrogen) atoms. The van der Waals surface area contributed by atoms with Crippen molar-refractivity contribution in [2.75, 3.05) is 13.1 Å². The number of amides is 1. The van der Waals surface area contributed by atoms with Gasteiger partial charge in [0.15, 0.2) is 0 Å². The number of hydrogen-bond acceptors (Lipinski definition) is 3. The summed E-state index contributed by atoms with van der Waals surface area (Å²) in [6, 6.07) is 3.13. The van der Waals surface area contributed by atoms with Gasteiger partial charge >= 0.3 is 5.97 Å². The summed E-state index contributed by atoms with van der Waals surface area (Å²) in [5.41, 5.74) is 0.304. The van der Waals surface area contributed by atoms with Crippen LogP contribution in [0.5, 0.6) is 0 Å². The Morgan fingerprint density at radius 1 is 1.56 bits per heavy atom. The van der Waals surface area contributed by atoms with Crippen LogP contribution in [0.1, 0.15) is 23.3 Å². The van der Waals surface area contributed by atoms with E-state index in [1.54, 1.807) is 11.0 Å². The molecule has 1 aromatic heterocycles. The quantitative estimate of drug-likeness (QED) is 0.905.